The van der Waals surface area contributed by atoms with Gasteiger partial charge in [0.1, 0.15) is 0 Å². The van der Waals surface area contributed by atoms with Crippen LogP contribution < -0.4 is 16.6 Å². The van der Waals surface area contributed by atoms with Crippen molar-refractivity contribution in [3.8, 4) is 0 Å². The average molecular weight is 503 g/mol. The largest absolute Gasteiger partial charge is 0.320 e. The predicted molar refractivity (Wildman–Crippen MR) is 143 cm³/mol. The number of rotatable bonds is 16. The minimum absolute atomic E-state index is 0.115. The number of nitrogens with two attached hydrogens (primary N) is 1. The van der Waals surface area contributed by atoms with Gasteiger partial charge in [0.2, 0.25) is 11.8 Å². The smallest absolute Gasteiger partial charge is 0.257 e. The van der Waals surface area contributed by atoms with E-state index in [1.165, 1.54) is 11.4 Å². The van der Waals surface area contributed by atoms with Crippen molar-refractivity contribution >= 4 is 23.8 Å². The van der Waals surface area contributed by atoms with Crippen molar-refractivity contribution in [1.82, 2.24) is 15.9 Å². The van der Waals surface area contributed by atoms with Crippen molar-refractivity contribution in [2.75, 3.05) is 6.54 Å². The maximum atomic E-state index is 13.5. The van der Waals surface area contributed by atoms with E-state index >= 15 is 0 Å². The van der Waals surface area contributed by atoms with Gasteiger partial charge in [-0.2, -0.15) is 0 Å². The molecule has 0 spiro atoms. The van der Waals surface area contributed by atoms with Crippen LogP contribution in [0.3, 0.4) is 0 Å². The van der Waals surface area contributed by atoms with Crippen LogP contribution in [0.25, 0.3) is 6.08 Å². The number of amides is 3. The van der Waals surface area contributed by atoms with Crippen molar-refractivity contribution in [2.45, 2.75) is 85.1 Å². The lowest BCUT2D eigenvalue weighted by atomic mass is 9.82. The van der Waals surface area contributed by atoms with Gasteiger partial charge in [-0.3, -0.25) is 30.0 Å². The number of nitrogens with zero attached hydrogens (tertiary/aromatic N) is 1. The van der Waals surface area contributed by atoms with E-state index in [1.807, 2.05) is 56.3 Å². The van der Waals surface area contributed by atoms with E-state index in [4.69, 9.17) is 5.73 Å². The normalized spacial score (nSPS) is 13.9. The van der Waals surface area contributed by atoms with Crippen molar-refractivity contribution < 1.29 is 19.6 Å². The Morgan fingerprint density at radius 1 is 0.972 bits per heavy atom. The molecule has 0 aliphatic rings. The summed E-state index contributed by atoms with van der Waals surface area (Å²) < 4.78 is 0. The third-order valence-corrected chi connectivity index (χ3v) is 6.13. The molecule has 1 rings (SSSR count). The van der Waals surface area contributed by atoms with Gasteiger partial charge in [-0.15, -0.1) is 0 Å². The van der Waals surface area contributed by atoms with E-state index in [-0.39, 0.29) is 18.2 Å². The standard InChI is InChI=1S/C28H46N4O4/c1-5-6-7-8-9-13-19-32(28(35)22(4)29)30-26(33)25(20-21(2)3)24(27(34)31-36)18-14-17-23-15-11-10-12-16-23/h10-12,14-17,21-22,24-25,36H,5-9,13,18-20,29H2,1-4H3,(H,30,33)(H,31,34)/b17-14+/t22-,24+,25-/m1/s1. The molecule has 8 nitrogen and oxygen atoms in total. The molecule has 3 amide bonds. The Bertz CT molecular complexity index is 811. The van der Waals surface area contributed by atoms with Crippen LogP contribution in [0, 0.1) is 17.8 Å². The number of nitrogens with one attached hydrogen (secondary N) is 2. The van der Waals surface area contributed by atoms with Gasteiger partial charge in [-0.25, -0.2) is 5.48 Å². The molecule has 5 N–H and O–H groups in total. The van der Waals surface area contributed by atoms with Crippen molar-refractivity contribution in [3.63, 3.8) is 0 Å². The molecule has 0 aliphatic heterocycles. The van der Waals surface area contributed by atoms with E-state index in [9.17, 15) is 19.6 Å². The monoisotopic (exact) mass is 502 g/mol. The highest BCUT2D eigenvalue weighted by Gasteiger charge is 2.35. The summed E-state index contributed by atoms with van der Waals surface area (Å²) in [5.41, 5.74) is 11.3. The number of carbonyl (C=O) groups is 3. The molecule has 0 fully saturated rings. The second-order valence-electron chi connectivity index (χ2n) is 9.89. The summed E-state index contributed by atoms with van der Waals surface area (Å²) in [4.78, 5) is 38.8. The molecule has 0 unspecified atom stereocenters. The fourth-order valence-electron chi connectivity index (χ4n) is 4.15. The minimum Gasteiger partial charge on any atom is -0.320 e. The Balaban J connectivity index is 3.01. The third-order valence-electron chi connectivity index (χ3n) is 6.13. The molecule has 0 saturated heterocycles. The lowest BCUT2D eigenvalue weighted by molar-refractivity contribution is -0.147. The van der Waals surface area contributed by atoms with Gasteiger partial charge in [0.05, 0.1) is 17.9 Å². The zero-order valence-corrected chi connectivity index (χ0v) is 22.4. The Hall–Kier alpha value is -2.71. The van der Waals surface area contributed by atoms with Crippen LogP contribution in [-0.4, -0.2) is 40.5 Å². The number of hydrogen-bond acceptors (Lipinski definition) is 5. The van der Waals surface area contributed by atoms with Crippen molar-refractivity contribution in [2.24, 2.45) is 23.5 Å². The molecule has 0 aromatic heterocycles. The highest BCUT2D eigenvalue weighted by atomic mass is 16.5. The number of carbonyl (C=O) groups excluding carboxylic acids is 3. The summed E-state index contributed by atoms with van der Waals surface area (Å²) >= 11 is 0. The van der Waals surface area contributed by atoms with Gasteiger partial charge < -0.3 is 5.73 Å². The lowest BCUT2D eigenvalue weighted by Gasteiger charge is -2.30. The minimum atomic E-state index is -0.807. The molecular formula is C28H46N4O4. The van der Waals surface area contributed by atoms with E-state index in [0.717, 1.165) is 37.7 Å². The number of allylic oxidation sites excluding steroid dienone is 1. The van der Waals surface area contributed by atoms with Gasteiger partial charge in [0.15, 0.2) is 0 Å². The molecule has 0 bridgehead atoms. The fourth-order valence-corrected chi connectivity index (χ4v) is 4.15. The highest BCUT2D eigenvalue weighted by molar-refractivity contribution is 5.89. The summed E-state index contributed by atoms with van der Waals surface area (Å²) in [7, 11) is 0. The SMILES string of the molecule is CCCCCCCCN(NC(=O)[C@H](CC(C)C)[C@H](C/C=C/c1ccccc1)C(=O)NO)C(=O)[C@@H](C)N. The first-order chi connectivity index (χ1) is 17.2. The topological polar surface area (TPSA) is 125 Å². The van der Waals surface area contributed by atoms with E-state index in [0.29, 0.717) is 13.0 Å². The first-order valence-corrected chi connectivity index (χ1v) is 13.2. The molecule has 1 aromatic rings. The van der Waals surface area contributed by atoms with E-state index in [2.05, 4.69) is 12.3 Å². The molecule has 8 heteroatoms. The third kappa shape index (κ3) is 11.8. The number of hydrazine groups is 1. The summed E-state index contributed by atoms with van der Waals surface area (Å²) in [6.45, 7) is 8.04. The Labute approximate surface area is 216 Å². The van der Waals surface area contributed by atoms with Crippen LogP contribution in [0.4, 0.5) is 0 Å². The quantitative estimate of drug-likeness (QED) is 0.151. The second-order valence-corrected chi connectivity index (χ2v) is 9.89. The molecular weight excluding hydrogens is 456 g/mol. The zero-order chi connectivity index (χ0) is 26.9. The number of unbranched alkanes of at least 4 members (excludes halogenated alkanes) is 5. The molecule has 0 aliphatic carbocycles. The molecule has 202 valence electrons. The van der Waals surface area contributed by atoms with Crippen LogP contribution in [0.1, 0.15) is 84.6 Å². The van der Waals surface area contributed by atoms with Gasteiger partial charge in [0, 0.05) is 6.54 Å². The predicted octanol–water partition coefficient (Wildman–Crippen LogP) is 4.44. The average Bonchev–Trinajstić information content (AvgIpc) is 2.86. The molecule has 36 heavy (non-hydrogen) atoms. The summed E-state index contributed by atoms with van der Waals surface area (Å²) in [6, 6.07) is 8.87. The Morgan fingerprint density at radius 2 is 1.61 bits per heavy atom. The van der Waals surface area contributed by atoms with E-state index in [1.54, 1.807) is 12.4 Å². The first-order valence-electron chi connectivity index (χ1n) is 13.2. The molecule has 3 atom stereocenters. The maximum Gasteiger partial charge on any atom is 0.257 e. The summed E-state index contributed by atoms with van der Waals surface area (Å²) in [5.74, 6) is -2.86. The van der Waals surface area contributed by atoms with E-state index < -0.39 is 29.7 Å². The van der Waals surface area contributed by atoms with Crippen molar-refractivity contribution in [3.05, 3.63) is 42.0 Å². The van der Waals surface area contributed by atoms with Crippen LogP contribution in [0.15, 0.2) is 36.4 Å². The highest BCUT2D eigenvalue weighted by Crippen LogP contribution is 2.25. The van der Waals surface area contributed by atoms with Crippen LogP contribution in [0.2, 0.25) is 0 Å². The van der Waals surface area contributed by atoms with Gasteiger partial charge >= 0.3 is 0 Å². The molecule has 1 aromatic carbocycles. The lowest BCUT2D eigenvalue weighted by Crippen LogP contribution is -2.54. The van der Waals surface area contributed by atoms with Crippen molar-refractivity contribution in [1.29, 1.82) is 0 Å². The van der Waals surface area contributed by atoms with Crippen LogP contribution >= 0.6 is 0 Å². The zero-order valence-electron chi connectivity index (χ0n) is 22.4. The number of hydrogen-bond donors (Lipinski definition) is 4. The molecule has 0 heterocycles. The fraction of sp³-hybridized carbons (Fsp3) is 0.607. The van der Waals surface area contributed by atoms with Gasteiger partial charge in [-0.05, 0) is 37.7 Å². The second kappa shape index (κ2) is 17.7. The summed E-state index contributed by atoms with van der Waals surface area (Å²) in [6.07, 6.45) is 10.6. The number of hydroxylamine groups is 1. The van der Waals surface area contributed by atoms with Gasteiger partial charge in [-0.1, -0.05) is 95.4 Å². The number of benzene rings is 1. The molecule has 0 saturated carbocycles. The first kappa shape index (κ1) is 31.3. The Kier molecular flexibility index (Phi) is 15.4. The summed E-state index contributed by atoms with van der Waals surface area (Å²) in [5, 5.41) is 10.7. The molecule has 0 radical (unpaired) electrons. The Morgan fingerprint density at radius 3 is 2.19 bits per heavy atom. The maximum absolute atomic E-state index is 13.5. The van der Waals surface area contributed by atoms with Crippen LogP contribution in [0.5, 0.6) is 0 Å². The van der Waals surface area contributed by atoms with Crippen LogP contribution in [-0.2, 0) is 14.4 Å². The van der Waals surface area contributed by atoms with Gasteiger partial charge in [0.25, 0.3) is 5.91 Å².